The van der Waals surface area contributed by atoms with Gasteiger partial charge in [-0.1, -0.05) is 34.1 Å². The monoisotopic (exact) mass is 338 g/mol. The maximum Gasteiger partial charge on any atom is 0.0591 e. The van der Waals surface area contributed by atoms with E-state index in [2.05, 4.69) is 76.6 Å². The van der Waals surface area contributed by atoms with E-state index in [1.165, 1.54) is 10.4 Å². The topological polar surface area (TPSA) is 29.3 Å². The normalized spacial score (nSPS) is 14.6. The Morgan fingerprint density at radius 1 is 1.26 bits per heavy atom. The van der Waals surface area contributed by atoms with Crippen LogP contribution in [0.25, 0.3) is 0 Å². The molecule has 0 radical (unpaired) electrons. The van der Waals surface area contributed by atoms with E-state index in [0.29, 0.717) is 0 Å². The Morgan fingerprint density at radius 3 is 2.47 bits per heavy atom. The first-order valence-corrected chi connectivity index (χ1v) is 7.99. The maximum absolute atomic E-state index is 6.16. The summed E-state index contributed by atoms with van der Waals surface area (Å²) in [5.74, 6) is 0. The first-order valence-electron chi connectivity index (χ1n) is 6.31. The van der Waals surface area contributed by atoms with Gasteiger partial charge in [0.15, 0.2) is 0 Å². The maximum atomic E-state index is 6.16. The van der Waals surface area contributed by atoms with Crippen LogP contribution < -0.4 is 5.73 Å². The summed E-state index contributed by atoms with van der Waals surface area (Å²) in [6, 6.07) is 13.1. The summed E-state index contributed by atoms with van der Waals surface area (Å²) in [5.41, 5.74) is 7.46. The second-order valence-electron chi connectivity index (χ2n) is 4.86. The Bertz CT molecular complexity index is 493. The zero-order valence-corrected chi connectivity index (χ0v) is 13.6. The third kappa shape index (κ3) is 3.89. The highest BCUT2D eigenvalue weighted by Gasteiger charge is 2.22. The van der Waals surface area contributed by atoms with E-state index in [-0.39, 0.29) is 12.1 Å². The largest absolute Gasteiger partial charge is 0.326 e. The van der Waals surface area contributed by atoms with E-state index in [0.717, 1.165) is 11.0 Å². The molecule has 2 atom stereocenters. The summed E-state index contributed by atoms with van der Waals surface area (Å²) in [7, 11) is 2.13. The van der Waals surface area contributed by atoms with E-state index in [1.54, 1.807) is 11.3 Å². The van der Waals surface area contributed by atoms with E-state index in [9.17, 15) is 0 Å². The molecule has 0 bridgehead atoms. The average molecular weight is 339 g/mol. The zero-order valence-electron chi connectivity index (χ0n) is 11.2. The summed E-state index contributed by atoms with van der Waals surface area (Å²) in [4.78, 5) is 3.65. The van der Waals surface area contributed by atoms with Gasteiger partial charge >= 0.3 is 0 Å². The third-order valence-corrected chi connectivity index (χ3v) is 4.62. The Kier molecular flexibility index (Phi) is 5.16. The highest BCUT2D eigenvalue weighted by Crippen LogP contribution is 2.27. The van der Waals surface area contributed by atoms with Crippen LogP contribution in [0.15, 0.2) is 46.3 Å². The lowest BCUT2D eigenvalue weighted by Crippen LogP contribution is -2.36. The first kappa shape index (κ1) is 14.7. The Balaban J connectivity index is 2.12. The molecule has 0 aliphatic rings. The van der Waals surface area contributed by atoms with Gasteiger partial charge in [-0.2, -0.15) is 0 Å². The highest BCUT2D eigenvalue weighted by atomic mass is 79.9. The lowest BCUT2D eigenvalue weighted by atomic mass is 10.1. The molecule has 102 valence electrons. The molecule has 0 saturated carbocycles. The van der Waals surface area contributed by atoms with E-state index in [1.807, 2.05) is 0 Å². The second-order valence-corrected chi connectivity index (χ2v) is 6.76. The molecular weight excluding hydrogens is 320 g/mol. The summed E-state index contributed by atoms with van der Waals surface area (Å²) in [5, 5.41) is 2.11. The average Bonchev–Trinajstić information content (AvgIpc) is 2.85. The second kappa shape index (κ2) is 6.66. The van der Waals surface area contributed by atoms with Crippen molar-refractivity contribution in [1.29, 1.82) is 0 Å². The summed E-state index contributed by atoms with van der Waals surface area (Å²) in [6.45, 7) is 2.97. The lowest BCUT2D eigenvalue weighted by Gasteiger charge is -2.30. The van der Waals surface area contributed by atoms with Gasteiger partial charge in [-0.25, -0.2) is 0 Å². The molecule has 2 N–H and O–H groups in total. The van der Waals surface area contributed by atoms with Gasteiger partial charge < -0.3 is 5.73 Å². The van der Waals surface area contributed by atoms with Crippen molar-refractivity contribution in [3.8, 4) is 0 Å². The van der Waals surface area contributed by atoms with Crippen molar-refractivity contribution in [2.24, 2.45) is 5.73 Å². The van der Waals surface area contributed by atoms with Crippen LogP contribution in [-0.4, -0.2) is 18.0 Å². The predicted octanol–water partition coefficient (Wildman–Crippen LogP) is 4.03. The number of nitrogens with two attached hydrogens (primary N) is 1. The number of benzene rings is 1. The van der Waals surface area contributed by atoms with Gasteiger partial charge in [0.05, 0.1) is 6.04 Å². The zero-order chi connectivity index (χ0) is 13.8. The quantitative estimate of drug-likeness (QED) is 0.891. The van der Waals surface area contributed by atoms with Crippen LogP contribution >= 0.6 is 27.3 Å². The van der Waals surface area contributed by atoms with Gasteiger partial charge in [-0.05, 0) is 43.1 Å². The van der Waals surface area contributed by atoms with Crippen molar-refractivity contribution in [3.63, 3.8) is 0 Å². The number of hydrogen-bond donors (Lipinski definition) is 1. The van der Waals surface area contributed by atoms with E-state index >= 15 is 0 Å². The Hall–Kier alpha value is -0.680. The molecule has 0 spiro atoms. The molecular formula is C15H19BrN2S. The summed E-state index contributed by atoms with van der Waals surface area (Å²) in [6.07, 6.45) is 0. The van der Waals surface area contributed by atoms with Crippen LogP contribution in [-0.2, 0) is 6.54 Å². The standard InChI is InChI=1S/C15H19BrN2S/c1-11(17)15(14-4-3-9-19-14)18(2)10-12-5-7-13(16)8-6-12/h3-9,11,15H,10,17H2,1-2H3. The predicted molar refractivity (Wildman–Crippen MR) is 86.3 cm³/mol. The van der Waals surface area contributed by atoms with Gasteiger partial charge in [0.25, 0.3) is 0 Å². The van der Waals surface area contributed by atoms with Crippen LogP contribution in [0.4, 0.5) is 0 Å². The number of likely N-dealkylation sites (N-methyl/N-ethyl adjacent to an activating group) is 1. The van der Waals surface area contributed by atoms with Crippen LogP contribution in [0.5, 0.6) is 0 Å². The van der Waals surface area contributed by atoms with Crippen molar-refractivity contribution in [2.45, 2.75) is 25.6 Å². The van der Waals surface area contributed by atoms with Crippen LogP contribution in [0.3, 0.4) is 0 Å². The Labute approximate surface area is 127 Å². The van der Waals surface area contributed by atoms with E-state index in [4.69, 9.17) is 5.73 Å². The van der Waals surface area contributed by atoms with E-state index < -0.39 is 0 Å². The summed E-state index contributed by atoms with van der Waals surface area (Å²) < 4.78 is 1.11. The molecule has 1 heterocycles. The molecule has 0 aliphatic carbocycles. The van der Waals surface area contributed by atoms with Crippen LogP contribution in [0.1, 0.15) is 23.4 Å². The van der Waals surface area contributed by atoms with Gasteiger partial charge in [0.2, 0.25) is 0 Å². The third-order valence-electron chi connectivity index (χ3n) is 3.15. The molecule has 2 unspecified atom stereocenters. The molecule has 4 heteroatoms. The molecule has 1 aromatic carbocycles. The van der Waals surface area contributed by atoms with Crippen molar-refractivity contribution in [2.75, 3.05) is 7.05 Å². The van der Waals surface area contributed by atoms with Crippen molar-refractivity contribution < 1.29 is 0 Å². The first-order chi connectivity index (χ1) is 9.08. The van der Waals surface area contributed by atoms with Crippen molar-refractivity contribution in [3.05, 3.63) is 56.7 Å². The van der Waals surface area contributed by atoms with Gasteiger partial charge in [-0.3, -0.25) is 4.90 Å². The SMILES string of the molecule is CC(N)C(c1cccs1)N(C)Cc1ccc(Br)cc1. The van der Waals surface area contributed by atoms with Crippen LogP contribution in [0.2, 0.25) is 0 Å². The fourth-order valence-corrected chi connectivity index (χ4v) is 3.58. The molecule has 1 aromatic heterocycles. The highest BCUT2D eigenvalue weighted by molar-refractivity contribution is 9.10. The fraction of sp³-hybridized carbons (Fsp3) is 0.333. The van der Waals surface area contributed by atoms with Gasteiger partial charge in [0, 0.05) is 21.9 Å². The molecule has 0 amide bonds. The smallest absolute Gasteiger partial charge is 0.0591 e. The van der Waals surface area contributed by atoms with Crippen molar-refractivity contribution >= 4 is 27.3 Å². The van der Waals surface area contributed by atoms with Gasteiger partial charge in [0.1, 0.15) is 0 Å². The molecule has 19 heavy (non-hydrogen) atoms. The molecule has 0 aliphatic heterocycles. The molecule has 2 rings (SSSR count). The number of nitrogens with zero attached hydrogens (tertiary/aromatic N) is 1. The minimum atomic E-state index is 0.110. The molecule has 2 aromatic rings. The molecule has 0 saturated heterocycles. The minimum absolute atomic E-state index is 0.110. The number of rotatable bonds is 5. The van der Waals surface area contributed by atoms with Crippen LogP contribution in [0, 0.1) is 0 Å². The number of halogens is 1. The lowest BCUT2D eigenvalue weighted by molar-refractivity contribution is 0.214. The molecule has 0 fully saturated rings. The number of hydrogen-bond acceptors (Lipinski definition) is 3. The number of thiophene rings is 1. The minimum Gasteiger partial charge on any atom is -0.326 e. The fourth-order valence-electron chi connectivity index (χ4n) is 2.31. The molecule has 2 nitrogen and oxygen atoms in total. The van der Waals surface area contributed by atoms with Crippen molar-refractivity contribution in [1.82, 2.24) is 4.90 Å². The Morgan fingerprint density at radius 2 is 1.95 bits per heavy atom. The van der Waals surface area contributed by atoms with Gasteiger partial charge in [-0.15, -0.1) is 11.3 Å². The summed E-state index contributed by atoms with van der Waals surface area (Å²) >= 11 is 5.23.